The van der Waals surface area contributed by atoms with Crippen molar-refractivity contribution >= 4 is 23.0 Å². The number of carbonyl (C=O) groups is 1. The van der Waals surface area contributed by atoms with Gasteiger partial charge < -0.3 is 16.0 Å². The summed E-state index contributed by atoms with van der Waals surface area (Å²) in [5, 5.41) is 2.92. The van der Waals surface area contributed by atoms with Gasteiger partial charge in [0.05, 0.1) is 11.4 Å². The molecule has 0 unspecified atom stereocenters. The minimum atomic E-state index is 0.0865. The molecule has 1 aromatic rings. The van der Waals surface area contributed by atoms with Crippen molar-refractivity contribution in [3.05, 3.63) is 17.7 Å². The molecule has 1 heterocycles. The number of fused-ring (bicyclic) bond motifs is 1. The second-order valence-corrected chi connectivity index (χ2v) is 5.81. The first-order valence-electron chi connectivity index (χ1n) is 8.12. The number of amides is 1. The van der Waals surface area contributed by atoms with Gasteiger partial charge in [0.2, 0.25) is 5.91 Å². The summed E-state index contributed by atoms with van der Waals surface area (Å²) in [5.41, 5.74) is 10.2. The van der Waals surface area contributed by atoms with Crippen molar-refractivity contribution in [3.8, 4) is 0 Å². The summed E-state index contributed by atoms with van der Waals surface area (Å²) < 4.78 is 0. The van der Waals surface area contributed by atoms with Gasteiger partial charge in [-0.3, -0.25) is 4.79 Å². The molecule has 0 atom stereocenters. The van der Waals surface area contributed by atoms with E-state index in [9.17, 15) is 4.79 Å². The molecule has 4 heteroatoms. The molecule has 0 aliphatic carbocycles. The Labute approximate surface area is 127 Å². The van der Waals surface area contributed by atoms with E-state index in [1.165, 1.54) is 31.2 Å². The van der Waals surface area contributed by atoms with Crippen molar-refractivity contribution in [1.82, 2.24) is 0 Å². The average molecular weight is 289 g/mol. The Morgan fingerprint density at radius 2 is 1.81 bits per heavy atom. The monoisotopic (exact) mass is 289 g/mol. The molecule has 1 aliphatic rings. The molecule has 0 aromatic heterocycles. The van der Waals surface area contributed by atoms with Gasteiger partial charge in [0.15, 0.2) is 0 Å². The van der Waals surface area contributed by atoms with Crippen LogP contribution in [0.2, 0.25) is 0 Å². The van der Waals surface area contributed by atoms with Gasteiger partial charge in [0.1, 0.15) is 0 Å². The fraction of sp³-hybridized carbons (Fsp3) is 0.588. The van der Waals surface area contributed by atoms with Gasteiger partial charge in [0, 0.05) is 25.2 Å². The number of anilines is 3. The van der Waals surface area contributed by atoms with Crippen LogP contribution in [-0.2, 0) is 11.2 Å². The highest BCUT2D eigenvalue weighted by molar-refractivity contribution is 5.95. The fourth-order valence-corrected chi connectivity index (χ4v) is 2.76. The van der Waals surface area contributed by atoms with Crippen LogP contribution in [0.5, 0.6) is 0 Å². The number of carbonyl (C=O) groups excluding carboxylic acids is 1. The molecule has 0 spiro atoms. The Kier molecular flexibility index (Phi) is 5.48. The number of nitrogen functional groups attached to an aromatic ring is 1. The number of nitrogens with zero attached hydrogens (tertiary/aromatic N) is 1. The van der Waals surface area contributed by atoms with Crippen LogP contribution in [0.1, 0.15) is 51.5 Å². The molecule has 2 rings (SSSR count). The minimum Gasteiger partial charge on any atom is -0.397 e. The number of hydrogen-bond donors (Lipinski definition) is 2. The molecule has 0 bridgehead atoms. The molecular formula is C17H27N3O. The quantitative estimate of drug-likeness (QED) is 0.755. The normalized spacial score (nSPS) is 13.7. The minimum absolute atomic E-state index is 0.0865. The molecule has 4 nitrogen and oxygen atoms in total. The molecule has 0 radical (unpaired) electrons. The summed E-state index contributed by atoms with van der Waals surface area (Å²) in [4.78, 5) is 13.9. The molecule has 3 N–H and O–H groups in total. The number of rotatable bonds is 7. The van der Waals surface area contributed by atoms with Crippen LogP contribution in [-0.4, -0.2) is 19.0 Å². The second-order valence-electron chi connectivity index (χ2n) is 5.81. The maximum Gasteiger partial charge on any atom is 0.224 e. The van der Waals surface area contributed by atoms with E-state index in [4.69, 9.17) is 5.73 Å². The van der Waals surface area contributed by atoms with E-state index >= 15 is 0 Å². The van der Waals surface area contributed by atoms with E-state index in [-0.39, 0.29) is 5.91 Å². The third-order valence-corrected chi connectivity index (χ3v) is 4.05. The van der Waals surface area contributed by atoms with Crippen LogP contribution in [0.4, 0.5) is 17.1 Å². The summed E-state index contributed by atoms with van der Waals surface area (Å²) in [6.45, 7) is 6.52. The first-order valence-corrected chi connectivity index (χ1v) is 8.12. The molecule has 21 heavy (non-hydrogen) atoms. The Morgan fingerprint density at radius 3 is 2.43 bits per heavy atom. The first-order chi connectivity index (χ1) is 10.2. The second kappa shape index (κ2) is 7.34. The van der Waals surface area contributed by atoms with Crippen LogP contribution in [0.25, 0.3) is 0 Å². The fourth-order valence-electron chi connectivity index (χ4n) is 2.76. The highest BCUT2D eigenvalue weighted by Gasteiger charge is 2.18. The molecule has 0 saturated carbocycles. The molecule has 1 aliphatic heterocycles. The molecule has 0 fully saturated rings. The predicted molar refractivity (Wildman–Crippen MR) is 89.8 cm³/mol. The molecule has 0 saturated heterocycles. The summed E-state index contributed by atoms with van der Waals surface area (Å²) in [6, 6.07) is 4.10. The van der Waals surface area contributed by atoms with Crippen LogP contribution >= 0.6 is 0 Å². The third kappa shape index (κ3) is 3.90. The molecule has 1 amide bonds. The van der Waals surface area contributed by atoms with Crippen LogP contribution < -0.4 is 16.0 Å². The van der Waals surface area contributed by atoms with E-state index in [0.29, 0.717) is 6.42 Å². The van der Waals surface area contributed by atoms with E-state index < -0.39 is 0 Å². The van der Waals surface area contributed by atoms with Crippen molar-refractivity contribution in [2.75, 3.05) is 29.0 Å². The number of nitrogens with one attached hydrogen (secondary N) is 1. The van der Waals surface area contributed by atoms with Crippen molar-refractivity contribution in [2.24, 2.45) is 0 Å². The lowest BCUT2D eigenvalue weighted by molar-refractivity contribution is -0.116. The predicted octanol–water partition coefficient (Wildman–Crippen LogP) is 3.56. The summed E-state index contributed by atoms with van der Waals surface area (Å²) in [5.74, 6) is 0.0865. The average Bonchev–Trinajstić information content (AvgIpc) is 2.47. The topological polar surface area (TPSA) is 58.4 Å². The van der Waals surface area contributed by atoms with Gasteiger partial charge in [-0.05, 0) is 37.0 Å². The third-order valence-electron chi connectivity index (χ3n) is 4.05. The maximum absolute atomic E-state index is 11.5. The Hall–Kier alpha value is -1.71. The highest BCUT2D eigenvalue weighted by atomic mass is 16.1. The Balaban J connectivity index is 2.24. The van der Waals surface area contributed by atoms with Gasteiger partial charge in [-0.25, -0.2) is 0 Å². The Bertz CT molecular complexity index is 491. The zero-order chi connectivity index (χ0) is 15.2. The number of aryl methyl sites for hydroxylation is 1. The van der Waals surface area contributed by atoms with Crippen molar-refractivity contribution in [3.63, 3.8) is 0 Å². The van der Waals surface area contributed by atoms with Crippen molar-refractivity contribution in [2.45, 2.75) is 52.4 Å². The largest absolute Gasteiger partial charge is 0.397 e. The van der Waals surface area contributed by atoms with Gasteiger partial charge in [0.25, 0.3) is 0 Å². The van der Waals surface area contributed by atoms with Crippen molar-refractivity contribution < 1.29 is 4.79 Å². The highest BCUT2D eigenvalue weighted by Crippen LogP contribution is 2.33. The molecular weight excluding hydrogens is 262 g/mol. The lowest BCUT2D eigenvalue weighted by atomic mass is 10.0. The summed E-state index contributed by atoms with van der Waals surface area (Å²) in [7, 11) is 0. The summed E-state index contributed by atoms with van der Waals surface area (Å²) in [6.07, 6.45) is 6.10. The van der Waals surface area contributed by atoms with Gasteiger partial charge in [-0.15, -0.1) is 0 Å². The van der Waals surface area contributed by atoms with Crippen LogP contribution in [0, 0.1) is 0 Å². The van der Waals surface area contributed by atoms with E-state index in [2.05, 4.69) is 30.1 Å². The zero-order valence-corrected chi connectivity index (χ0v) is 13.2. The standard InChI is InChI=1S/C17H27N3O/c1-3-5-9-20(10-6-4-2)16-11-13-7-8-17(21)19-15(13)12-14(16)18/h11-12H,3-10,18H2,1-2H3,(H,19,21). The van der Waals surface area contributed by atoms with Crippen LogP contribution in [0.15, 0.2) is 12.1 Å². The molecule has 116 valence electrons. The number of nitrogens with two attached hydrogens (primary N) is 1. The Morgan fingerprint density at radius 1 is 1.14 bits per heavy atom. The number of hydrogen-bond acceptors (Lipinski definition) is 3. The lowest BCUT2D eigenvalue weighted by Gasteiger charge is -2.28. The van der Waals surface area contributed by atoms with E-state index in [1.807, 2.05) is 6.07 Å². The maximum atomic E-state index is 11.5. The van der Waals surface area contributed by atoms with E-state index in [0.717, 1.165) is 36.6 Å². The lowest BCUT2D eigenvalue weighted by Crippen LogP contribution is -2.27. The van der Waals surface area contributed by atoms with Gasteiger partial charge >= 0.3 is 0 Å². The van der Waals surface area contributed by atoms with Crippen LogP contribution in [0.3, 0.4) is 0 Å². The van der Waals surface area contributed by atoms with Crippen molar-refractivity contribution in [1.29, 1.82) is 0 Å². The smallest absolute Gasteiger partial charge is 0.224 e. The molecule has 1 aromatic carbocycles. The SMILES string of the molecule is CCCCN(CCCC)c1cc2c(cc1N)NC(=O)CC2. The van der Waals surface area contributed by atoms with E-state index in [1.54, 1.807) is 0 Å². The first kappa shape index (κ1) is 15.7. The number of unbranched alkanes of at least 4 members (excludes halogenated alkanes) is 2. The summed E-state index contributed by atoms with van der Waals surface area (Å²) >= 11 is 0. The number of benzene rings is 1. The zero-order valence-electron chi connectivity index (χ0n) is 13.2. The van der Waals surface area contributed by atoms with Gasteiger partial charge in [-0.1, -0.05) is 26.7 Å². The van der Waals surface area contributed by atoms with Gasteiger partial charge in [-0.2, -0.15) is 0 Å².